The first-order chi connectivity index (χ1) is 9.10. The standard InChI is InChI=1S/C15H19NO3/c1-10-3-5-11(6-4-10)12(9-15(18)19-2)13-7-8-14(17)16-13/h3-6,12-13H,7-9H2,1-2H3,(H,16,17). The van der Waals surface area contributed by atoms with Gasteiger partial charge in [0.15, 0.2) is 0 Å². The van der Waals surface area contributed by atoms with Gasteiger partial charge in [0.2, 0.25) is 5.91 Å². The summed E-state index contributed by atoms with van der Waals surface area (Å²) in [4.78, 5) is 22.9. The molecule has 0 aromatic heterocycles. The van der Waals surface area contributed by atoms with Crippen LogP contribution in [0.25, 0.3) is 0 Å². The molecule has 2 atom stereocenters. The summed E-state index contributed by atoms with van der Waals surface area (Å²) in [5.74, 6) is -0.196. The van der Waals surface area contributed by atoms with Gasteiger partial charge in [-0.2, -0.15) is 0 Å². The number of nitrogens with one attached hydrogen (secondary N) is 1. The maximum Gasteiger partial charge on any atom is 0.306 e. The molecule has 0 aliphatic carbocycles. The van der Waals surface area contributed by atoms with Crippen molar-refractivity contribution in [3.8, 4) is 0 Å². The van der Waals surface area contributed by atoms with Crippen LogP contribution in [0.3, 0.4) is 0 Å². The van der Waals surface area contributed by atoms with E-state index in [-0.39, 0.29) is 23.8 Å². The van der Waals surface area contributed by atoms with Gasteiger partial charge in [-0.1, -0.05) is 29.8 Å². The molecule has 1 aliphatic rings. The van der Waals surface area contributed by atoms with Crippen molar-refractivity contribution in [1.82, 2.24) is 5.32 Å². The number of amides is 1. The number of carbonyl (C=O) groups excluding carboxylic acids is 2. The van der Waals surface area contributed by atoms with Crippen molar-refractivity contribution in [3.63, 3.8) is 0 Å². The van der Waals surface area contributed by atoms with Gasteiger partial charge >= 0.3 is 5.97 Å². The van der Waals surface area contributed by atoms with Crippen molar-refractivity contribution >= 4 is 11.9 Å². The Kier molecular flexibility index (Phi) is 4.20. The van der Waals surface area contributed by atoms with Gasteiger partial charge in [-0.05, 0) is 18.9 Å². The molecule has 1 aromatic rings. The van der Waals surface area contributed by atoms with Gasteiger partial charge in [0.1, 0.15) is 0 Å². The van der Waals surface area contributed by atoms with E-state index in [0.29, 0.717) is 12.8 Å². The molecule has 0 spiro atoms. The lowest BCUT2D eigenvalue weighted by Gasteiger charge is -2.23. The molecule has 0 radical (unpaired) electrons. The number of methoxy groups -OCH3 is 1. The van der Waals surface area contributed by atoms with Crippen LogP contribution in [-0.2, 0) is 14.3 Å². The van der Waals surface area contributed by atoms with E-state index in [1.807, 2.05) is 31.2 Å². The molecule has 1 amide bonds. The summed E-state index contributed by atoms with van der Waals surface area (Å²) in [7, 11) is 1.39. The fraction of sp³-hybridized carbons (Fsp3) is 0.467. The van der Waals surface area contributed by atoms with Crippen LogP contribution in [0.5, 0.6) is 0 Å². The van der Waals surface area contributed by atoms with Crippen LogP contribution in [-0.4, -0.2) is 25.0 Å². The molecule has 2 unspecified atom stereocenters. The fourth-order valence-electron chi connectivity index (χ4n) is 2.51. The highest BCUT2D eigenvalue weighted by molar-refractivity contribution is 5.79. The summed E-state index contributed by atoms with van der Waals surface area (Å²) in [5.41, 5.74) is 2.25. The van der Waals surface area contributed by atoms with E-state index in [2.05, 4.69) is 5.32 Å². The number of esters is 1. The second-order valence-corrected chi connectivity index (χ2v) is 5.01. The molecule has 2 rings (SSSR count). The minimum atomic E-state index is -0.244. The Balaban J connectivity index is 2.20. The summed E-state index contributed by atoms with van der Waals surface area (Å²) < 4.78 is 4.76. The Hall–Kier alpha value is -1.84. The van der Waals surface area contributed by atoms with Crippen LogP contribution >= 0.6 is 0 Å². The third kappa shape index (κ3) is 3.34. The molecule has 1 fully saturated rings. The number of aryl methyl sites for hydroxylation is 1. The summed E-state index contributed by atoms with van der Waals surface area (Å²) in [6, 6.07) is 8.11. The quantitative estimate of drug-likeness (QED) is 0.842. The molecular formula is C15H19NO3. The highest BCUT2D eigenvalue weighted by Crippen LogP contribution is 2.29. The van der Waals surface area contributed by atoms with E-state index < -0.39 is 0 Å². The lowest BCUT2D eigenvalue weighted by atomic mass is 9.87. The first kappa shape index (κ1) is 13.6. The van der Waals surface area contributed by atoms with Crippen LogP contribution in [0, 0.1) is 6.92 Å². The van der Waals surface area contributed by atoms with E-state index in [1.165, 1.54) is 12.7 Å². The molecule has 0 bridgehead atoms. The van der Waals surface area contributed by atoms with Crippen LogP contribution in [0.1, 0.15) is 36.3 Å². The monoisotopic (exact) mass is 261 g/mol. The SMILES string of the molecule is COC(=O)CC(c1ccc(C)cc1)C1CCC(=O)N1. The van der Waals surface area contributed by atoms with Crippen molar-refractivity contribution in [2.75, 3.05) is 7.11 Å². The van der Waals surface area contributed by atoms with Crippen molar-refractivity contribution in [2.45, 2.75) is 38.1 Å². The van der Waals surface area contributed by atoms with Crippen LogP contribution in [0.2, 0.25) is 0 Å². The predicted octanol–water partition coefficient (Wildman–Crippen LogP) is 1.92. The largest absolute Gasteiger partial charge is 0.469 e. The molecule has 4 nitrogen and oxygen atoms in total. The van der Waals surface area contributed by atoms with Gasteiger partial charge in [0.25, 0.3) is 0 Å². The lowest BCUT2D eigenvalue weighted by molar-refractivity contribution is -0.141. The molecule has 102 valence electrons. The van der Waals surface area contributed by atoms with Gasteiger partial charge in [0.05, 0.1) is 13.5 Å². The molecule has 19 heavy (non-hydrogen) atoms. The van der Waals surface area contributed by atoms with Crippen molar-refractivity contribution < 1.29 is 14.3 Å². The van der Waals surface area contributed by atoms with Gasteiger partial charge in [-0.15, -0.1) is 0 Å². The predicted molar refractivity (Wildman–Crippen MR) is 71.7 cm³/mol. The van der Waals surface area contributed by atoms with E-state index in [0.717, 1.165) is 12.0 Å². The summed E-state index contributed by atoms with van der Waals surface area (Å²) in [6.45, 7) is 2.02. The zero-order chi connectivity index (χ0) is 13.8. The molecule has 4 heteroatoms. The minimum absolute atomic E-state index is 0.0144. The average Bonchev–Trinajstić information content (AvgIpc) is 2.83. The second-order valence-electron chi connectivity index (χ2n) is 5.01. The van der Waals surface area contributed by atoms with E-state index in [9.17, 15) is 9.59 Å². The van der Waals surface area contributed by atoms with Gasteiger partial charge in [-0.25, -0.2) is 0 Å². The molecule has 1 aromatic carbocycles. The Morgan fingerprint density at radius 1 is 1.42 bits per heavy atom. The average molecular weight is 261 g/mol. The Morgan fingerprint density at radius 3 is 2.63 bits per heavy atom. The van der Waals surface area contributed by atoms with Crippen molar-refractivity contribution in [1.29, 1.82) is 0 Å². The summed E-state index contributed by atoms with van der Waals surface area (Å²) in [5, 5.41) is 2.95. The van der Waals surface area contributed by atoms with Crippen molar-refractivity contribution in [2.24, 2.45) is 0 Å². The fourth-order valence-corrected chi connectivity index (χ4v) is 2.51. The van der Waals surface area contributed by atoms with Gasteiger partial charge < -0.3 is 10.1 Å². The molecule has 1 saturated heterocycles. The Morgan fingerprint density at radius 2 is 2.11 bits per heavy atom. The first-order valence-electron chi connectivity index (χ1n) is 6.53. The molecule has 1 heterocycles. The van der Waals surface area contributed by atoms with Gasteiger partial charge in [0, 0.05) is 18.4 Å². The van der Waals surface area contributed by atoms with Crippen LogP contribution in [0.15, 0.2) is 24.3 Å². The Labute approximate surface area is 113 Å². The van der Waals surface area contributed by atoms with Crippen molar-refractivity contribution in [3.05, 3.63) is 35.4 Å². The zero-order valence-corrected chi connectivity index (χ0v) is 11.3. The normalized spacial score (nSPS) is 19.9. The minimum Gasteiger partial charge on any atom is -0.469 e. The smallest absolute Gasteiger partial charge is 0.306 e. The molecule has 1 N–H and O–H groups in total. The third-order valence-electron chi connectivity index (χ3n) is 3.63. The zero-order valence-electron chi connectivity index (χ0n) is 11.3. The molecule has 0 saturated carbocycles. The number of ether oxygens (including phenoxy) is 1. The lowest BCUT2D eigenvalue weighted by Crippen LogP contribution is -2.32. The first-order valence-corrected chi connectivity index (χ1v) is 6.53. The van der Waals surface area contributed by atoms with Crippen LogP contribution in [0.4, 0.5) is 0 Å². The number of benzene rings is 1. The summed E-state index contributed by atoms with van der Waals surface area (Å²) >= 11 is 0. The highest BCUT2D eigenvalue weighted by Gasteiger charge is 2.31. The Bertz CT molecular complexity index is 467. The van der Waals surface area contributed by atoms with E-state index in [4.69, 9.17) is 4.74 Å². The highest BCUT2D eigenvalue weighted by atomic mass is 16.5. The second kappa shape index (κ2) is 5.87. The number of rotatable bonds is 4. The van der Waals surface area contributed by atoms with E-state index in [1.54, 1.807) is 0 Å². The molecule has 1 aliphatic heterocycles. The molecular weight excluding hydrogens is 242 g/mol. The van der Waals surface area contributed by atoms with Gasteiger partial charge in [-0.3, -0.25) is 9.59 Å². The van der Waals surface area contributed by atoms with E-state index >= 15 is 0 Å². The number of carbonyl (C=O) groups is 2. The third-order valence-corrected chi connectivity index (χ3v) is 3.63. The maximum absolute atomic E-state index is 11.6. The topological polar surface area (TPSA) is 55.4 Å². The number of hydrogen-bond donors (Lipinski definition) is 1. The maximum atomic E-state index is 11.6. The summed E-state index contributed by atoms with van der Waals surface area (Å²) in [6.07, 6.45) is 1.60. The van der Waals surface area contributed by atoms with Crippen LogP contribution < -0.4 is 5.32 Å². The number of hydrogen-bond acceptors (Lipinski definition) is 3.